The highest BCUT2D eigenvalue weighted by Crippen LogP contribution is 2.25. The van der Waals surface area contributed by atoms with E-state index >= 15 is 0 Å². The van der Waals surface area contributed by atoms with Gasteiger partial charge >= 0.3 is 0 Å². The summed E-state index contributed by atoms with van der Waals surface area (Å²) in [7, 11) is 0. The van der Waals surface area contributed by atoms with Gasteiger partial charge in [-0.1, -0.05) is 46.4 Å². The van der Waals surface area contributed by atoms with Crippen LogP contribution in [0.4, 0.5) is 11.4 Å². The zero-order valence-electron chi connectivity index (χ0n) is 10.6. The van der Waals surface area contributed by atoms with E-state index in [1.165, 1.54) is 0 Å². The van der Waals surface area contributed by atoms with Crippen LogP contribution >= 0.6 is 46.4 Å². The van der Waals surface area contributed by atoms with Crippen LogP contribution in [0.5, 0.6) is 0 Å². The van der Waals surface area contributed by atoms with Gasteiger partial charge in [0, 0.05) is 20.8 Å². The van der Waals surface area contributed by atoms with Gasteiger partial charge in [-0.05, 0) is 36.4 Å². The molecule has 0 unspecified atom stereocenters. The third-order valence-electron chi connectivity index (χ3n) is 2.51. The molecular formula is C14H10Cl4N2O. The lowest BCUT2D eigenvalue weighted by Gasteiger charge is -2.10. The first kappa shape index (κ1) is 16.2. The molecule has 2 aromatic rings. The second kappa shape index (κ2) is 7.23. The second-order valence-corrected chi connectivity index (χ2v) is 5.90. The Labute approximate surface area is 142 Å². The van der Waals surface area contributed by atoms with Crippen molar-refractivity contribution in [3.05, 3.63) is 56.5 Å². The fourth-order valence-electron chi connectivity index (χ4n) is 1.64. The number of benzene rings is 2. The van der Waals surface area contributed by atoms with Crippen LogP contribution in [0.1, 0.15) is 0 Å². The van der Waals surface area contributed by atoms with Crippen LogP contribution in [0.2, 0.25) is 20.1 Å². The van der Waals surface area contributed by atoms with Crippen LogP contribution < -0.4 is 10.6 Å². The Hall–Kier alpha value is -1.13. The molecule has 2 aromatic carbocycles. The molecule has 7 heteroatoms. The SMILES string of the molecule is O=C(CNc1cc(Cl)ccc1Cl)Nc1cc(Cl)cc(Cl)c1. The second-order valence-electron chi connectivity index (χ2n) is 4.18. The highest BCUT2D eigenvalue weighted by atomic mass is 35.5. The highest BCUT2D eigenvalue weighted by molar-refractivity contribution is 6.35. The van der Waals surface area contributed by atoms with Gasteiger partial charge in [0.25, 0.3) is 0 Å². The number of nitrogens with one attached hydrogen (secondary N) is 2. The molecule has 2 rings (SSSR count). The molecule has 0 heterocycles. The maximum Gasteiger partial charge on any atom is 0.243 e. The van der Waals surface area contributed by atoms with Gasteiger partial charge in [-0.15, -0.1) is 0 Å². The summed E-state index contributed by atoms with van der Waals surface area (Å²) in [6.45, 7) is 0.0319. The molecule has 0 atom stereocenters. The van der Waals surface area contributed by atoms with Gasteiger partial charge in [-0.3, -0.25) is 4.79 Å². The van der Waals surface area contributed by atoms with Crippen LogP contribution in [0.15, 0.2) is 36.4 Å². The molecule has 0 fully saturated rings. The Kier molecular flexibility index (Phi) is 5.59. The maximum absolute atomic E-state index is 11.9. The van der Waals surface area contributed by atoms with Crippen LogP contribution in [-0.4, -0.2) is 12.5 Å². The summed E-state index contributed by atoms with van der Waals surface area (Å²) in [6, 6.07) is 9.77. The molecule has 0 spiro atoms. The monoisotopic (exact) mass is 362 g/mol. The van der Waals surface area contributed by atoms with E-state index in [0.29, 0.717) is 31.5 Å². The van der Waals surface area contributed by atoms with Crippen molar-refractivity contribution < 1.29 is 4.79 Å². The molecule has 3 nitrogen and oxygen atoms in total. The molecule has 1 amide bonds. The Bertz CT molecular complexity index is 656. The topological polar surface area (TPSA) is 41.1 Å². The molecule has 0 aliphatic heterocycles. The van der Waals surface area contributed by atoms with Crippen molar-refractivity contribution in [3.8, 4) is 0 Å². The Morgan fingerprint density at radius 3 is 2.24 bits per heavy atom. The molecule has 0 aromatic heterocycles. The first-order valence-electron chi connectivity index (χ1n) is 5.89. The Morgan fingerprint density at radius 2 is 1.57 bits per heavy atom. The molecule has 110 valence electrons. The number of amides is 1. The van der Waals surface area contributed by atoms with E-state index in [1.54, 1.807) is 36.4 Å². The van der Waals surface area contributed by atoms with Crippen molar-refractivity contribution in [2.45, 2.75) is 0 Å². The Balaban J connectivity index is 1.97. The molecule has 0 radical (unpaired) electrons. The maximum atomic E-state index is 11.9. The van der Waals surface area contributed by atoms with E-state index in [1.807, 2.05) is 0 Å². The fourth-order valence-corrected chi connectivity index (χ4v) is 2.52. The van der Waals surface area contributed by atoms with E-state index < -0.39 is 0 Å². The number of rotatable bonds is 4. The predicted octanol–water partition coefficient (Wildman–Crippen LogP) is 5.35. The summed E-state index contributed by atoms with van der Waals surface area (Å²) in [5.41, 5.74) is 1.11. The normalized spacial score (nSPS) is 10.3. The lowest BCUT2D eigenvalue weighted by Crippen LogP contribution is -2.21. The van der Waals surface area contributed by atoms with Gasteiger partial charge < -0.3 is 10.6 Å². The molecule has 0 bridgehead atoms. The van der Waals surface area contributed by atoms with Gasteiger partial charge in [0.2, 0.25) is 5.91 Å². The minimum absolute atomic E-state index is 0.0319. The summed E-state index contributed by atoms with van der Waals surface area (Å²) in [5, 5.41) is 7.50. The average molecular weight is 364 g/mol. The predicted molar refractivity (Wildman–Crippen MR) is 90.0 cm³/mol. The third-order valence-corrected chi connectivity index (χ3v) is 3.52. The first-order chi connectivity index (χ1) is 9.94. The average Bonchev–Trinajstić information content (AvgIpc) is 2.38. The number of carbonyl (C=O) groups excluding carboxylic acids is 1. The summed E-state index contributed by atoms with van der Waals surface area (Å²) < 4.78 is 0. The van der Waals surface area contributed by atoms with Crippen LogP contribution in [0.3, 0.4) is 0 Å². The standard InChI is InChI=1S/C14H10Cl4N2O/c15-8-1-2-12(18)13(6-8)19-7-14(21)20-11-4-9(16)3-10(17)5-11/h1-6,19H,7H2,(H,20,21). The molecule has 0 saturated heterocycles. The zero-order chi connectivity index (χ0) is 15.4. The minimum atomic E-state index is -0.260. The fraction of sp³-hybridized carbons (Fsp3) is 0.0714. The molecule has 21 heavy (non-hydrogen) atoms. The lowest BCUT2D eigenvalue weighted by molar-refractivity contribution is -0.114. The molecular weight excluding hydrogens is 354 g/mol. The van der Waals surface area contributed by atoms with Crippen molar-refractivity contribution in [2.24, 2.45) is 0 Å². The molecule has 2 N–H and O–H groups in total. The Morgan fingerprint density at radius 1 is 0.905 bits per heavy atom. The van der Waals surface area contributed by atoms with Gasteiger partial charge in [0.1, 0.15) is 0 Å². The van der Waals surface area contributed by atoms with Gasteiger partial charge in [0.15, 0.2) is 0 Å². The van der Waals surface area contributed by atoms with Crippen molar-refractivity contribution in [1.82, 2.24) is 0 Å². The summed E-state index contributed by atoms with van der Waals surface area (Å²) in [4.78, 5) is 11.9. The quantitative estimate of drug-likeness (QED) is 0.768. The summed E-state index contributed by atoms with van der Waals surface area (Å²) >= 11 is 23.6. The molecule has 0 saturated carbocycles. The smallest absolute Gasteiger partial charge is 0.243 e. The molecule has 0 aliphatic carbocycles. The van der Waals surface area contributed by atoms with Crippen LogP contribution in [-0.2, 0) is 4.79 Å². The van der Waals surface area contributed by atoms with E-state index in [-0.39, 0.29) is 12.5 Å². The van der Waals surface area contributed by atoms with Crippen molar-refractivity contribution >= 4 is 63.7 Å². The number of carbonyl (C=O) groups is 1. The number of halogens is 4. The van der Waals surface area contributed by atoms with Gasteiger partial charge in [0.05, 0.1) is 17.3 Å². The summed E-state index contributed by atoms with van der Waals surface area (Å²) in [6.07, 6.45) is 0. The zero-order valence-corrected chi connectivity index (χ0v) is 13.6. The van der Waals surface area contributed by atoms with Crippen LogP contribution in [0, 0.1) is 0 Å². The number of anilines is 2. The van der Waals surface area contributed by atoms with Crippen molar-refractivity contribution in [2.75, 3.05) is 17.2 Å². The largest absolute Gasteiger partial charge is 0.375 e. The number of hydrogen-bond acceptors (Lipinski definition) is 2. The van der Waals surface area contributed by atoms with Crippen molar-refractivity contribution in [1.29, 1.82) is 0 Å². The van der Waals surface area contributed by atoms with E-state index in [9.17, 15) is 4.79 Å². The van der Waals surface area contributed by atoms with Gasteiger partial charge in [-0.2, -0.15) is 0 Å². The first-order valence-corrected chi connectivity index (χ1v) is 7.40. The highest BCUT2D eigenvalue weighted by Gasteiger charge is 2.06. The number of hydrogen-bond donors (Lipinski definition) is 2. The van der Waals surface area contributed by atoms with E-state index in [2.05, 4.69) is 10.6 Å². The van der Waals surface area contributed by atoms with Gasteiger partial charge in [-0.25, -0.2) is 0 Å². The third kappa shape index (κ3) is 4.97. The minimum Gasteiger partial charge on any atom is -0.375 e. The van der Waals surface area contributed by atoms with E-state index in [0.717, 1.165) is 0 Å². The summed E-state index contributed by atoms with van der Waals surface area (Å²) in [5.74, 6) is -0.260. The van der Waals surface area contributed by atoms with Crippen molar-refractivity contribution in [3.63, 3.8) is 0 Å². The molecule has 0 aliphatic rings. The van der Waals surface area contributed by atoms with E-state index in [4.69, 9.17) is 46.4 Å². The lowest BCUT2D eigenvalue weighted by atomic mass is 10.3. The van der Waals surface area contributed by atoms with Crippen LogP contribution in [0.25, 0.3) is 0 Å².